The number of hydrogen-bond acceptors (Lipinski definition) is 4. The van der Waals surface area contributed by atoms with E-state index in [9.17, 15) is 8.68 Å². The molecule has 190 valence electrons. The van der Waals surface area contributed by atoms with Gasteiger partial charge in [0.25, 0.3) is 0 Å². The topological polar surface area (TPSA) is 47.4 Å². The molecule has 7 heteroatoms. The van der Waals surface area contributed by atoms with Crippen molar-refractivity contribution in [3.63, 3.8) is 0 Å². The van der Waals surface area contributed by atoms with E-state index in [4.69, 9.17) is 9.72 Å². The SMILES string of the molecule is CCCC(CCC)c1cnc(-c2ccc3c(c2OC2CCC2)CCC(C)N3C(=O)C2CC2)n1SF. The summed E-state index contributed by atoms with van der Waals surface area (Å²) in [7, 11) is 0. The Bertz CT molecular complexity index is 1060. The summed E-state index contributed by atoms with van der Waals surface area (Å²) >= 11 is 0.240. The molecule has 1 aromatic heterocycles. The van der Waals surface area contributed by atoms with Crippen LogP contribution in [0.1, 0.15) is 102 Å². The predicted octanol–water partition coefficient (Wildman–Crippen LogP) is 7.62. The number of nitrogens with zero attached hydrogens (tertiary/aromatic N) is 3. The lowest BCUT2D eigenvalue weighted by Gasteiger charge is -2.38. The Hall–Kier alpha value is -2.02. The second-order valence-corrected chi connectivity index (χ2v) is 11.1. The maximum absolute atomic E-state index is 14.5. The predicted molar refractivity (Wildman–Crippen MR) is 141 cm³/mol. The molecule has 2 aliphatic carbocycles. The van der Waals surface area contributed by atoms with Crippen LogP contribution in [0.3, 0.4) is 0 Å². The lowest BCUT2D eigenvalue weighted by atomic mass is 9.91. The van der Waals surface area contributed by atoms with Gasteiger partial charge < -0.3 is 9.64 Å². The van der Waals surface area contributed by atoms with E-state index in [1.807, 2.05) is 23.2 Å². The van der Waals surface area contributed by atoms with E-state index in [-0.39, 0.29) is 42.2 Å². The highest BCUT2D eigenvalue weighted by Crippen LogP contribution is 2.47. The third-order valence-electron chi connectivity index (χ3n) is 8.00. The van der Waals surface area contributed by atoms with Gasteiger partial charge in [0.1, 0.15) is 5.75 Å². The Morgan fingerprint density at radius 2 is 1.91 bits per heavy atom. The van der Waals surface area contributed by atoms with E-state index in [1.54, 1.807) is 3.97 Å². The maximum atomic E-state index is 14.5. The van der Waals surface area contributed by atoms with Gasteiger partial charge >= 0.3 is 0 Å². The van der Waals surface area contributed by atoms with E-state index < -0.39 is 0 Å². The van der Waals surface area contributed by atoms with Gasteiger partial charge in [-0.1, -0.05) is 26.7 Å². The van der Waals surface area contributed by atoms with Crippen LogP contribution in [0.5, 0.6) is 5.75 Å². The van der Waals surface area contributed by atoms with Crippen LogP contribution < -0.4 is 9.64 Å². The highest BCUT2D eigenvalue weighted by molar-refractivity contribution is 7.92. The van der Waals surface area contributed by atoms with Gasteiger partial charge in [0.15, 0.2) is 18.2 Å². The van der Waals surface area contributed by atoms with Crippen LogP contribution in [0.15, 0.2) is 18.3 Å². The van der Waals surface area contributed by atoms with Gasteiger partial charge in [-0.05, 0) is 76.8 Å². The summed E-state index contributed by atoms with van der Waals surface area (Å²) in [6, 6.07) is 4.23. The minimum absolute atomic E-state index is 0.164. The normalized spacial score (nSPS) is 20.1. The zero-order chi connectivity index (χ0) is 24.5. The molecule has 0 radical (unpaired) electrons. The summed E-state index contributed by atoms with van der Waals surface area (Å²) < 4.78 is 22.8. The summed E-state index contributed by atoms with van der Waals surface area (Å²) in [5.41, 5.74) is 3.84. The summed E-state index contributed by atoms with van der Waals surface area (Å²) in [6.07, 6.45) is 13.2. The molecule has 0 saturated heterocycles. The Labute approximate surface area is 213 Å². The average molecular weight is 500 g/mol. The van der Waals surface area contributed by atoms with E-state index in [0.29, 0.717) is 5.82 Å². The van der Waals surface area contributed by atoms with E-state index in [0.717, 1.165) is 92.5 Å². The minimum Gasteiger partial charge on any atom is -0.489 e. The summed E-state index contributed by atoms with van der Waals surface area (Å²) in [4.78, 5) is 20.0. The number of rotatable bonds is 10. The monoisotopic (exact) mass is 499 g/mol. The second-order valence-electron chi connectivity index (χ2n) is 10.6. The fourth-order valence-corrected chi connectivity index (χ4v) is 6.13. The first-order chi connectivity index (χ1) is 17.1. The zero-order valence-electron chi connectivity index (χ0n) is 21.3. The fourth-order valence-electron chi connectivity index (χ4n) is 5.65. The van der Waals surface area contributed by atoms with Gasteiger partial charge in [0.05, 0.1) is 29.2 Å². The molecule has 0 spiro atoms. The second kappa shape index (κ2) is 10.5. The standard InChI is InChI=1S/C28H38FN3O2S/c1-4-7-19(8-5-2)25-17-30-27(32(25)35-29)23-15-16-24-22(26(23)34-21-9-6-10-21)14-11-18(3)31(24)28(33)20-12-13-20/h15-21H,4-14H2,1-3H3. The average Bonchev–Trinajstić information content (AvgIpc) is 3.59. The van der Waals surface area contributed by atoms with Crippen molar-refractivity contribution in [2.45, 2.75) is 109 Å². The summed E-state index contributed by atoms with van der Waals surface area (Å²) in [6.45, 7) is 6.50. The lowest BCUT2D eigenvalue weighted by molar-refractivity contribution is -0.120. The largest absolute Gasteiger partial charge is 0.489 e. The first kappa shape index (κ1) is 24.7. The van der Waals surface area contributed by atoms with Gasteiger partial charge in [-0.3, -0.25) is 4.79 Å². The van der Waals surface area contributed by atoms with Gasteiger partial charge in [-0.2, -0.15) is 0 Å². The lowest BCUT2D eigenvalue weighted by Crippen LogP contribution is -2.43. The van der Waals surface area contributed by atoms with Crippen LogP contribution in [0.25, 0.3) is 11.4 Å². The van der Waals surface area contributed by atoms with Crippen LogP contribution in [0.2, 0.25) is 0 Å². The number of fused-ring (bicyclic) bond motifs is 1. The van der Waals surface area contributed by atoms with Crippen LogP contribution in [0.4, 0.5) is 9.57 Å². The molecule has 1 amide bonds. The zero-order valence-corrected chi connectivity index (χ0v) is 22.1. The molecule has 1 atom stereocenters. The molecule has 5 rings (SSSR count). The quantitative estimate of drug-likeness (QED) is 0.337. The van der Waals surface area contributed by atoms with Gasteiger partial charge in [0.2, 0.25) is 5.91 Å². The molecule has 1 unspecified atom stereocenters. The molecule has 2 aromatic rings. The number of aromatic nitrogens is 2. The summed E-state index contributed by atoms with van der Waals surface area (Å²) in [5.74, 6) is 2.11. The van der Waals surface area contributed by atoms with Crippen LogP contribution in [0, 0.1) is 5.92 Å². The van der Waals surface area contributed by atoms with E-state index in [2.05, 4.69) is 20.8 Å². The van der Waals surface area contributed by atoms with Gasteiger partial charge in [0, 0.05) is 23.4 Å². The number of ether oxygens (including phenoxy) is 1. The van der Waals surface area contributed by atoms with E-state index in [1.165, 1.54) is 6.42 Å². The van der Waals surface area contributed by atoms with Crippen molar-refractivity contribution in [3.05, 3.63) is 29.6 Å². The Balaban J connectivity index is 1.60. The van der Waals surface area contributed by atoms with Crippen molar-refractivity contribution >= 4 is 23.9 Å². The number of benzene rings is 1. The third kappa shape index (κ3) is 4.73. The number of amides is 1. The van der Waals surface area contributed by atoms with Crippen molar-refractivity contribution in [3.8, 4) is 17.1 Å². The van der Waals surface area contributed by atoms with Crippen molar-refractivity contribution in [1.82, 2.24) is 8.96 Å². The molecule has 2 fully saturated rings. The third-order valence-corrected chi connectivity index (χ3v) is 8.52. The molecule has 3 aliphatic rings. The molecule has 1 aliphatic heterocycles. The first-order valence-corrected chi connectivity index (χ1v) is 14.3. The molecule has 0 N–H and O–H groups in total. The van der Waals surface area contributed by atoms with Crippen molar-refractivity contribution in [2.24, 2.45) is 5.92 Å². The van der Waals surface area contributed by atoms with Crippen molar-refractivity contribution < 1.29 is 13.4 Å². The smallest absolute Gasteiger partial charge is 0.230 e. The van der Waals surface area contributed by atoms with Crippen LogP contribution in [-0.4, -0.2) is 27.0 Å². The van der Waals surface area contributed by atoms with Crippen molar-refractivity contribution in [1.29, 1.82) is 0 Å². The Kier molecular flexibility index (Phi) is 7.42. The maximum Gasteiger partial charge on any atom is 0.230 e. The molecule has 5 nitrogen and oxygen atoms in total. The molecule has 1 aromatic carbocycles. The number of carbonyl (C=O) groups is 1. The van der Waals surface area contributed by atoms with Gasteiger partial charge in [-0.15, -0.1) is 3.89 Å². The number of hydrogen-bond donors (Lipinski definition) is 0. The minimum atomic E-state index is 0.164. The summed E-state index contributed by atoms with van der Waals surface area (Å²) in [5, 5.41) is 0. The molecular weight excluding hydrogens is 461 g/mol. The Morgan fingerprint density at radius 3 is 2.51 bits per heavy atom. The molecular formula is C28H38FN3O2S. The number of imidazole rings is 1. The highest BCUT2D eigenvalue weighted by Gasteiger charge is 2.40. The van der Waals surface area contributed by atoms with E-state index >= 15 is 0 Å². The number of anilines is 1. The molecule has 0 bridgehead atoms. The van der Waals surface area contributed by atoms with Crippen molar-refractivity contribution in [2.75, 3.05) is 4.90 Å². The van der Waals surface area contributed by atoms with Gasteiger partial charge in [-0.25, -0.2) is 8.96 Å². The van der Waals surface area contributed by atoms with Crippen LogP contribution in [-0.2, 0) is 11.2 Å². The molecule has 2 heterocycles. The fraction of sp³-hybridized carbons (Fsp3) is 0.643. The number of carbonyl (C=O) groups excluding carboxylic acids is 1. The first-order valence-electron chi connectivity index (χ1n) is 13.6. The molecule has 2 saturated carbocycles. The molecule has 35 heavy (non-hydrogen) atoms. The Morgan fingerprint density at radius 1 is 1.17 bits per heavy atom. The highest BCUT2D eigenvalue weighted by atomic mass is 32.2. The van der Waals surface area contributed by atoms with Crippen LogP contribution >= 0.6 is 12.3 Å². The number of halogens is 1.